The average molecular weight is 288 g/mol. The second-order valence-corrected chi connectivity index (χ2v) is 6.65. The van der Waals surface area contributed by atoms with Crippen molar-refractivity contribution >= 4 is 26.9 Å². The quantitative estimate of drug-likeness (QED) is 0.793. The zero-order chi connectivity index (χ0) is 13.2. The summed E-state index contributed by atoms with van der Waals surface area (Å²) in [6.07, 6.45) is 1.95. The number of nitrogens with zero attached hydrogens (tertiary/aromatic N) is 1. The Hall–Kier alpha value is -0.910. The van der Waals surface area contributed by atoms with Crippen molar-refractivity contribution in [2.75, 3.05) is 13.1 Å². The molecule has 1 saturated heterocycles. The highest BCUT2D eigenvalue weighted by Gasteiger charge is 2.26. The summed E-state index contributed by atoms with van der Waals surface area (Å²) in [6.45, 7) is 1.18. The van der Waals surface area contributed by atoms with Crippen LogP contribution in [-0.4, -0.2) is 31.1 Å². The summed E-state index contributed by atoms with van der Waals surface area (Å²) in [5.41, 5.74) is 0.718. The molecule has 1 aliphatic rings. The van der Waals surface area contributed by atoms with E-state index in [1.807, 2.05) is 0 Å². The van der Waals surface area contributed by atoms with Gasteiger partial charge in [-0.2, -0.15) is 4.31 Å². The molecule has 0 atom stereocenters. The summed E-state index contributed by atoms with van der Waals surface area (Å²) in [5.74, 6) is 0. The summed E-state index contributed by atoms with van der Waals surface area (Å²) >= 11 is 5.28. The monoisotopic (exact) mass is 287 g/mol. The van der Waals surface area contributed by atoms with Crippen LogP contribution in [0.1, 0.15) is 18.4 Å². The molecule has 0 amide bonds. The lowest BCUT2D eigenvalue weighted by molar-refractivity contribution is -0.111. The zero-order valence-corrected chi connectivity index (χ0v) is 11.4. The van der Waals surface area contributed by atoms with Gasteiger partial charge in [-0.25, -0.2) is 8.42 Å². The maximum atomic E-state index is 12.2. The van der Waals surface area contributed by atoms with E-state index < -0.39 is 15.3 Å². The van der Waals surface area contributed by atoms with Crippen molar-refractivity contribution in [2.24, 2.45) is 0 Å². The van der Waals surface area contributed by atoms with Crippen molar-refractivity contribution in [1.29, 1.82) is 0 Å². The smallest absolute Gasteiger partial charge is 0.243 e. The van der Waals surface area contributed by atoms with Crippen molar-refractivity contribution in [1.82, 2.24) is 4.31 Å². The third-order valence-electron chi connectivity index (χ3n) is 2.97. The van der Waals surface area contributed by atoms with Gasteiger partial charge in [-0.1, -0.05) is 12.1 Å². The Morgan fingerprint density at radius 3 is 2.22 bits per heavy atom. The lowest BCUT2D eigenvalue weighted by atomic mass is 10.2. The van der Waals surface area contributed by atoms with E-state index in [1.165, 1.54) is 16.4 Å². The molecule has 1 aromatic rings. The molecular formula is C12H14ClNO3S. The van der Waals surface area contributed by atoms with Crippen LogP contribution >= 0.6 is 11.6 Å². The number of halogens is 1. The first-order valence-electron chi connectivity index (χ1n) is 5.77. The summed E-state index contributed by atoms with van der Waals surface area (Å²) in [6, 6.07) is 6.32. The maximum Gasteiger partial charge on any atom is 0.243 e. The normalized spacial score (nSPS) is 16.9. The van der Waals surface area contributed by atoms with Gasteiger partial charge in [-0.05, 0) is 42.1 Å². The van der Waals surface area contributed by atoms with Crippen molar-refractivity contribution in [2.45, 2.75) is 24.2 Å². The van der Waals surface area contributed by atoms with E-state index in [4.69, 9.17) is 11.6 Å². The zero-order valence-electron chi connectivity index (χ0n) is 9.80. The highest BCUT2D eigenvalue weighted by Crippen LogP contribution is 2.21. The van der Waals surface area contributed by atoms with Gasteiger partial charge >= 0.3 is 0 Å². The van der Waals surface area contributed by atoms with Crippen molar-refractivity contribution in [3.8, 4) is 0 Å². The highest BCUT2D eigenvalue weighted by atomic mass is 35.5. The van der Waals surface area contributed by atoms with Gasteiger partial charge in [0.15, 0.2) is 0 Å². The van der Waals surface area contributed by atoms with Gasteiger partial charge in [0.2, 0.25) is 15.3 Å². The SMILES string of the molecule is O=C(Cl)Cc1ccc(S(=O)(=O)N2CCCC2)cc1. The van der Waals surface area contributed by atoms with Crippen molar-refractivity contribution in [3.63, 3.8) is 0 Å². The molecule has 1 aromatic carbocycles. The van der Waals surface area contributed by atoms with Crippen LogP contribution in [0.15, 0.2) is 29.2 Å². The minimum atomic E-state index is -3.37. The summed E-state index contributed by atoms with van der Waals surface area (Å²) in [7, 11) is -3.37. The standard InChI is InChI=1S/C12H14ClNO3S/c13-12(15)9-10-3-5-11(6-4-10)18(16,17)14-7-1-2-8-14/h3-6H,1-2,7-9H2. The molecule has 0 aliphatic carbocycles. The molecule has 6 heteroatoms. The molecule has 4 nitrogen and oxygen atoms in total. The predicted molar refractivity (Wildman–Crippen MR) is 69.0 cm³/mol. The van der Waals surface area contributed by atoms with Crippen molar-refractivity contribution < 1.29 is 13.2 Å². The van der Waals surface area contributed by atoms with Gasteiger partial charge in [-0.3, -0.25) is 4.79 Å². The number of sulfonamides is 1. The molecular weight excluding hydrogens is 274 g/mol. The predicted octanol–water partition coefficient (Wildman–Crippen LogP) is 1.78. The fourth-order valence-corrected chi connectivity index (χ4v) is 3.69. The number of hydrogen-bond donors (Lipinski definition) is 0. The third-order valence-corrected chi connectivity index (χ3v) is 5.02. The van der Waals surface area contributed by atoms with Crippen LogP contribution in [0.5, 0.6) is 0 Å². The van der Waals surface area contributed by atoms with Gasteiger partial charge in [0, 0.05) is 19.5 Å². The van der Waals surface area contributed by atoms with Crippen molar-refractivity contribution in [3.05, 3.63) is 29.8 Å². The van der Waals surface area contributed by atoms with E-state index in [-0.39, 0.29) is 11.3 Å². The van der Waals surface area contributed by atoms with Crippen LogP contribution in [0.4, 0.5) is 0 Å². The number of benzene rings is 1. The van der Waals surface area contributed by atoms with Gasteiger partial charge in [0.1, 0.15) is 0 Å². The molecule has 18 heavy (non-hydrogen) atoms. The minimum Gasteiger partial charge on any atom is -0.281 e. The molecule has 1 aliphatic heterocycles. The molecule has 0 radical (unpaired) electrons. The number of hydrogen-bond acceptors (Lipinski definition) is 3. The second-order valence-electron chi connectivity index (χ2n) is 4.29. The van der Waals surface area contributed by atoms with E-state index in [9.17, 15) is 13.2 Å². The van der Waals surface area contributed by atoms with Crippen LogP contribution in [0.3, 0.4) is 0 Å². The Labute approximate surface area is 112 Å². The first-order valence-corrected chi connectivity index (χ1v) is 7.59. The molecule has 0 N–H and O–H groups in total. The Morgan fingerprint density at radius 2 is 1.72 bits per heavy atom. The Balaban J connectivity index is 2.20. The first-order chi connectivity index (χ1) is 8.50. The fourth-order valence-electron chi connectivity index (χ4n) is 2.02. The fraction of sp³-hybridized carbons (Fsp3) is 0.417. The number of carbonyl (C=O) groups excluding carboxylic acids is 1. The topological polar surface area (TPSA) is 54.5 Å². The molecule has 0 spiro atoms. The number of carbonyl (C=O) groups is 1. The van der Waals surface area contributed by atoms with Crippen LogP contribution < -0.4 is 0 Å². The minimum absolute atomic E-state index is 0.117. The number of rotatable bonds is 4. The highest BCUT2D eigenvalue weighted by molar-refractivity contribution is 7.89. The third kappa shape index (κ3) is 2.91. The molecule has 1 heterocycles. The Bertz CT molecular complexity index is 533. The summed E-state index contributed by atoms with van der Waals surface area (Å²) in [5, 5.41) is -0.454. The van der Waals surface area contributed by atoms with Crippen LogP contribution in [0.25, 0.3) is 0 Å². The van der Waals surface area contributed by atoms with Crippen LogP contribution in [0.2, 0.25) is 0 Å². The van der Waals surface area contributed by atoms with E-state index in [0.29, 0.717) is 13.1 Å². The lowest BCUT2D eigenvalue weighted by Gasteiger charge is -2.15. The van der Waals surface area contributed by atoms with Crippen LogP contribution in [0, 0.1) is 0 Å². The van der Waals surface area contributed by atoms with Gasteiger partial charge in [-0.15, -0.1) is 0 Å². The largest absolute Gasteiger partial charge is 0.281 e. The van der Waals surface area contributed by atoms with Gasteiger partial charge in [0.25, 0.3) is 0 Å². The van der Waals surface area contributed by atoms with Gasteiger partial charge in [0.05, 0.1) is 4.90 Å². The lowest BCUT2D eigenvalue weighted by Crippen LogP contribution is -2.27. The maximum absolute atomic E-state index is 12.2. The van der Waals surface area contributed by atoms with Crippen LogP contribution in [-0.2, 0) is 21.2 Å². The summed E-state index contributed by atoms with van der Waals surface area (Å²) < 4.78 is 25.9. The molecule has 0 bridgehead atoms. The Kier molecular flexibility index (Phi) is 4.04. The van der Waals surface area contributed by atoms with E-state index in [1.54, 1.807) is 12.1 Å². The van der Waals surface area contributed by atoms with E-state index in [2.05, 4.69) is 0 Å². The summed E-state index contributed by atoms with van der Waals surface area (Å²) in [4.78, 5) is 11.0. The molecule has 0 aromatic heterocycles. The van der Waals surface area contributed by atoms with Gasteiger partial charge < -0.3 is 0 Å². The average Bonchev–Trinajstić information content (AvgIpc) is 2.83. The molecule has 0 unspecified atom stereocenters. The van der Waals surface area contributed by atoms with E-state index >= 15 is 0 Å². The molecule has 98 valence electrons. The molecule has 2 rings (SSSR count). The first kappa shape index (κ1) is 13.5. The Morgan fingerprint density at radius 1 is 1.17 bits per heavy atom. The second kappa shape index (κ2) is 5.38. The van der Waals surface area contributed by atoms with E-state index in [0.717, 1.165) is 18.4 Å². The molecule has 0 saturated carbocycles. The molecule has 1 fully saturated rings.